The molecule has 2 aromatic rings. The Balaban J connectivity index is 1.25. The van der Waals surface area contributed by atoms with Crippen molar-refractivity contribution in [1.29, 1.82) is 0 Å². The molecule has 0 radical (unpaired) electrons. The molecule has 1 aromatic carbocycles. The Labute approximate surface area is 197 Å². The van der Waals surface area contributed by atoms with Gasteiger partial charge in [0.1, 0.15) is 5.75 Å². The molecule has 4 rings (SSSR count). The smallest absolute Gasteiger partial charge is 0.227 e. The van der Waals surface area contributed by atoms with Crippen molar-refractivity contribution in [3.63, 3.8) is 0 Å². The van der Waals surface area contributed by atoms with Gasteiger partial charge in [-0.2, -0.15) is 11.3 Å². The van der Waals surface area contributed by atoms with Crippen LogP contribution in [0, 0.1) is 5.92 Å². The summed E-state index contributed by atoms with van der Waals surface area (Å²) in [6, 6.07) is 11.3. The lowest BCUT2D eigenvalue weighted by molar-refractivity contribution is -0.132. The summed E-state index contributed by atoms with van der Waals surface area (Å²) in [6.45, 7) is 5.69. The van der Waals surface area contributed by atoms with Gasteiger partial charge in [0.25, 0.3) is 0 Å². The summed E-state index contributed by atoms with van der Waals surface area (Å²) in [5, 5.41) is 4.11. The van der Waals surface area contributed by atoms with Crippen LogP contribution in [-0.2, 0) is 17.8 Å². The van der Waals surface area contributed by atoms with Crippen LogP contribution in [0.3, 0.4) is 0 Å². The number of nitrogens with zero attached hydrogens (tertiary/aromatic N) is 3. The normalized spacial score (nSPS) is 20.6. The Morgan fingerprint density at radius 1 is 1.16 bits per heavy atom. The van der Waals surface area contributed by atoms with Crippen LogP contribution < -0.4 is 4.74 Å². The third kappa shape index (κ3) is 6.56. The number of hydrogen-bond acceptors (Lipinski definition) is 5. The number of ether oxygens (including phenoxy) is 1. The third-order valence-electron chi connectivity index (χ3n) is 6.93. The van der Waals surface area contributed by atoms with Crippen LogP contribution in [0.15, 0.2) is 41.1 Å². The molecule has 0 aliphatic carbocycles. The van der Waals surface area contributed by atoms with E-state index in [0.717, 1.165) is 43.8 Å². The molecule has 2 fully saturated rings. The van der Waals surface area contributed by atoms with Crippen molar-refractivity contribution in [2.45, 2.75) is 44.7 Å². The molecule has 174 valence electrons. The van der Waals surface area contributed by atoms with E-state index in [9.17, 15) is 4.79 Å². The predicted molar refractivity (Wildman–Crippen MR) is 131 cm³/mol. The first-order valence-electron chi connectivity index (χ1n) is 12.0. The topological polar surface area (TPSA) is 36.0 Å². The molecule has 3 heterocycles. The zero-order chi connectivity index (χ0) is 22.3. The average molecular weight is 456 g/mol. The molecule has 5 nitrogen and oxygen atoms in total. The monoisotopic (exact) mass is 455 g/mol. The lowest BCUT2D eigenvalue weighted by atomic mass is 9.98. The first-order chi connectivity index (χ1) is 15.6. The number of amides is 1. The highest BCUT2D eigenvalue weighted by molar-refractivity contribution is 7.08. The average Bonchev–Trinajstić information content (AvgIpc) is 3.31. The predicted octanol–water partition coefficient (Wildman–Crippen LogP) is 4.13. The summed E-state index contributed by atoms with van der Waals surface area (Å²) < 4.78 is 6.20. The number of thiophene rings is 1. The Kier molecular flexibility index (Phi) is 8.22. The second-order valence-corrected chi connectivity index (χ2v) is 10.3. The molecule has 0 saturated carbocycles. The van der Waals surface area contributed by atoms with Crippen molar-refractivity contribution in [2.24, 2.45) is 5.92 Å². The molecule has 1 atom stereocenters. The Morgan fingerprint density at radius 2 is 2.00 bits per heavy atom. The lowest BCUT2D eigenvalue weighted by Gasteiger charge is -2.35. The summed E-state index contributed by atoms with van der Waals surface area (Å²) in [5.41, 5.74) is 2.43. The highest BCUT2D eigenvalue weighted by atomic mass is 32.1. The second-order valence-electron chi connectivity index (χ2n) is 9.56. The van der Waals surface area contributed by atoms with Crippen molar-refractivity contribution >= 4 is 17.2 Å². The van der Waals surface area contributed by atoms with E-state index in [2.05, 4.69) is 53.5 Å². The summed E-state index contributed by atoms with van der Waals surface area (Å²) in [4.78, 5) is 19.6. The second kappa shape index (κ2) is 11.3. The Hall–Kier alpha value is -1.89. The van der Waals surface area contributed by atoms with Gasteiger partial charge >= 0.3 is 0 Å². The van der Waals surface area contributed by atoms with Crippen molar-refractivity contribution in [3.8, 4) is 5.75 Å². The minimum Gasteiger partial charge on any atom is -0.493 e. The first kappa shape index (κ1) is 23.3. The number of carbonyl (C=O) groups excluding carboxylic acids is 1. The number of likely N-dealkylation sites (tertiary alicyclic amines) is 2. The zero-order valence-corrected chi connectivity index (χ0v) is 20.4. The number of carbonyl (C=O) groups is 1. The molecule has 0 bridgehead atoms. The summed E-state index contributed by atoms with van der Waals surface area (Å²) in [6.07, 6.45) is 5.19. The summed E-state index contributed by atoms with van der Waals surface area (Å²) in [5.74, 6) is 1.59. The quantitative estimate of drug-likeness (QED) is 0.600. The van der Waals surface area contributed by atoms with Crippen LogP contribution in [0.4, 0.5) is 0 Å². The number of rotatable bonds is 8. The molecular weight excluding hydrogens is 418 g/mol. The molecule has 2 aliphatic rings. The zero-order valence-electron chi connectivity index (χ0n) is 19.5. The number of benzene rings is 1. The summed E-state index contributed by atoms with van der Waals surface area (Å²) in [7, 11) is 4.45. The van der Waals surface area contributed by atoms with Gasteiger partial charge < -0.3 is 14.5 Å². The van der Waals surface area contributed by atoms with Gasteiger partial charge in [0.2, 0.25) is 5.91 Å². The first-order valence-corrected chi connectivity index (χ1v) is 12.9. The van der Waals surface area contributed by atoms with Crippen LogP contribution in [0.1, 0.15) is 36.8 Å². The Morgan fingerprint density at radius 3 is 2.78 bits per heavy atom. The molecule has 0 unspecified atom stereocenters. The minimum atomic E-state index is 0.243. The summed E-state index contributed by atoms with van der Waals surface area (Å²) >= 11 is 1.65. The fourth-order valence-electron chi connectivity index (χ4n) is 4.91. The molecule has 1 amide bonds. The van der Waals surface area contributed by atoms with E-state index in [1.54, 1.807) is 11.3 Å². The van der Waals surface area contributed by atoms with Crippen LogP contribution in [0.25, 0.3) is 0 Å². The van der Waals surface area contributed by atoms with Crippen LogP contribution in [0.2, 0.25) is 0 Å². The Bertz CT molecular complexity index is 849. The van der Waals surface area contributed by atoms with Crippen molar-refractivity contribution in [3.05, 3.63) is 52.2 Å². The highest BCUT2D eigenvalue weighted by Gasteiger charge is 2.24. The van der Waals surface area contributed by atoms with Gasteiger partial charge in [-0.3, -0.25) is 9.69 Å². The van der Waals surface area contributed by atoms with Crippen LogP contribution >= 0.6 is 11.3 Å². The number of piperidine rings is 2. The maximum absolute atomic E-state index is 12.7. The van der Waals surface area contributed by atoms with Crippen LogP contribution in [0.5, 0.6) is 5.75 Å². The van der Waals surface area contributed by atoms with E-state index in [-0.39, 0.29) is 5.91 Å². The maximum Gasteiger partial charge on any atom is 0.227 e. The lowest BCUT2D eigenvalue weighted by Crippen LogP contribution is -2.42. The van der Waals surface area contributed by atoms with Crippen molar-refractivity contribution in [2.75, 3.05) is 46.9 Å². The van der Waals surface area contributed by atoms with Gasteiger partial charge in [-0.05, 0) is 93.0 Å². The van der Waals surface area contributed by atoms with E-state index >= 15 is 0 Å². The SMILES string of the molecule is CN1CCC(N(C)Cc2cccc(OC[C@@H]3CCCN(C(=O)Cc4ccsc4)C3)c2)CC1. The van der Waals surface area contributed by atoms with Crippen LogP contribution in [-0.4, -0.2) is 73.5 Å². The standard InChI is InChI=1S/C26H37N3O2S/c1-27-12-8-24(9-13-27)28(2)17-21-5-3-7-25(15-21)31-19-23-6-4-11-29(18-23)26(30)16-22-10-14-32-20-22/h3,5,7,10,14-15,20,23-24H,4,6,8-9,11-13,16-19H2,1-2H3/t23-/m1/s1. The van der Waals surface area contributed by atoms with Gasteiger partial charge in [-0.15, -0.1) is 0 Å². The van der Waals surface area contributed by atoms with E-state index in [1.165, 1.54) is 31.5 Å². The molecule has 2 saturated heterocycles. The number of hydrogen-bond donors (Lipinski definition) is 0. The largest absolute Gasteiger partial charge is 0.493 e. The van der Waals surface area contributed by atoms with E-state index in [0.29, 0.717) is 25.0 Å². The highest BCUT2D eigenvalue weighted by Crippen LogP contribution is 2.22. The van der Waals surface area contributed by atoms with E-state index in [1.807, 2.05) is 16.3 Å². The molecule has 0 spiro atoms. The minimum absolute atomic E-state index is 0.243. The fraction of sp³-hybridized carbons (Fsp3) is 0.577. The maximum atomic E-state index is 12.7. The van der Waals surface area contributed by atoms with Gasteiger partial charge in [0, 0.05) is 31.6 Å². The van der Waals surface area contributed by atoms with E-state index in [4.69, 9.17) is 4.74 Å². The van der Waals surface area contributed by atoms with Gasteiger partial charge in [-0.25, -0.2) is 0 Å². The molecule has 1 aromatic heterocycles. The fourth-order valence-corrected chi connectivity index (χ4v) is 5.58. The van der Waals surface area contributed by atoms with Crippen molar-refractivity contribution < 1.29 is 9.53 Å². The van der Waals surface area contributed by atoms with Gasteiger partial charge in [-0.1, -0.05) is 12.1 Å². The molecule has 0 N–H and O–H groups in total. The molecular formula is C26H37N3O2S. The van der Waals surface area contributed by atoms with E-state index < -0.39 is 0 Å². The van der Waals surface area contributed by atoms with Gasteiger partial charge in [0.15, 0.2) is 0 Å². The molecule has 6 heteroatoms. The van der Waals surface area contributed by atoms with Gasteiger partial charge in [0.05, 0.1) is 13.0 Å². The molecule has 32 heavy (non-hydrogen) atoms. The third-order valence-corrected chi connectivity index (χ3v) is 7.67. The molecule has 2 aliphatic heterocycles. The van der Waals surface area contributed by atoms with Crippen molar-refractivity contribution in [1.82, 2.24) is 14.7 Å².